The van der Waals surface area contributed by atoms with Crippen molar-refractivity contribution in [2.75, 3.05) is 20.0 Å². The number of hydrogen-bond donors (Lipinski definition) is 0. The summed E-state index contributed by atoms with van der Waals surface area (Å²) in [6, 6.07) is 0. The summed E-state index contributed by atoms with van der Waals surface area (Å²) >= 11 is 1.82. The van der Waals surface area contributed by atoms with Crippen molar-refractivity contribution in [2.45, 2.75) is 50.9 Å². The second-order valence-corrected chi connectivity index (χ2v) is 6.83. The molecule has 0 spiro atoms. The van der Waals surface area contributed by atoms with Gasteiger partial charge in [-0.05, 0) is 40.0 Å². The molecule has 0 bridgehead atoms. The van der Waals surface area contributed by atoms with Crippen LogP contribution < -0.4 is 0 Å². The number of nitrogens with zero attached hydrogens (tertiary/aromatic N) is 1. The van der Waals surface area contributed by atoms with E-state index in [0.29, 0.717) is 5.25 Å². The van der Waals surface area contributed by atoms with Gasteiger partial charge in [0.2, 0.25) is 0 Å². The quantitative estimate of drug-likeness (QED) is 0.756. The molecule has 1 atom stereocenters. The van der Waals surface area contributed by atoms with Gasteiger partial charge in [-0.2, -0.15) is 16.8 Å². The van der Waals surface area contributed by atoms with Gasteiger partial charge in [0.05, 0.1) is 24.8 Å². The van der Waals surface area contributed by atoms with Crippen molar-refractivity contribution in [1.29, 1.82) is 0 Å². The monoisotopic (exact) mass is 259 g/mol. The fraction of sp³-hybridized carbons (Fsp3) is 0.846. The third kappa shape index (κ3) is 2.98. The van der Waals surface area contributed by atoms with Gasteiger partial charge in [0, 0.05) is 5.25 Å². The Morgan fingerprint density at radius 2 is 1.94 bits per heavy atom. The van der Waals surface area contributed by atoms with Crippen molar-refractivity contribution in [3.63, 3.8) is 0 Å². The summed E-state index contributed by atoms with van der Waals surface area (Å²) in [7, 11) is 1.71. The average molecular weight is 259 g/mol. The Morgan fingerprint density at radius 1 is 1.35 bits per heavy atom. The zero-order valence-electron chi connectivity index (χ0n) is 12.0. The zero-order chi connectivity index (χ0) is 13.3. The van der Waals surface area contributed by atoms with E-state index >= 15 is 0 Å². The van der Waals surface area contributed by atoms with Crippen LogP contribution in [0.2, 0.25) is 0 Å². The second kappa shape index (κ2) is 5.21. The van der Waals surface area contributed by atoms with E-state index in [-0.39, 0.29) is 11.1 Å². The van der Waals surface area contributed by atoms with E-state index < -0.39 is 0 Å². The van der Waals surface area contributed by atoms with Crippen molar-refractivity contribution < 1.29 is 9.57 Å². The van der Waals surface area contributed by atoms with Crippen molar-refractivity contribution in [3.05, 3.63) is 11.8 Å². The molecule has 0 radical (unpaired) electrons. The van der Waals surface area contributed by atoms with Crippen LogP contribution in [0.5, 0.6) is 0 Å². The molecular weight excluding hydrogens is 234 g/mol. The Balaban J connectivity index is 2.78. The Hall–Kier alpha value is -0.190. The van der Waals surface area contributed by atoms with Gasteiger partial charge in [0.15, 0.2) is 0 Å². The first-order valence-electron chi connectivity index (χ1n) is 5.99. The van der Waals surface area contributed by atoms with E-state index in [2.05, 4.69) is 47.0 Å². The summed E-state index contributed by atoms with van der Waals surface area (Å²) in [5.74, 6) is 1.00. The molecule has 0 saturated heterocycles. The van der Waals surface area contributed by atoms with Crippen LogP contribution in [0, 0.1) is 0 Å². The maximum absolute atomic E-state index is 5.96. The minimum Gasteiger partial charge on any atom is -0.495 e. The van der Waals surface area contributed by atoms with Gasteiger partial charge in [-0.1, -0.05) is 6.92 Å². The van der Waals surface area contributed by atoms with Crippen LogP contribution in [0.4, 0.5) is 0 Å². The van der Waals surface area contributed by atoms with Crippen LogP contribution in [0.1, 0.15) is 34.6 Å². The number of hydroxylamine groups is 2. The smallest absolute Gasteiger partial charge is 0.116 e. The van der Waals surface area contributed by atoms with E-state index in [0.717, 1.165) is 12.4 Å². The van der Waals surface area contributed by atoms with Crippen molar-refractivity contribution in [2.24, 2.45) is 0 Å². The summed E-state index contributed by atoms with van der Waals surface area (Å²) < 4.78 is 5.96. The van der Waals surface area contributed by atoms with Gasteiger partial charge in [0.25, 0.3) is 0 Å². The largest absolute Gasteiger partial charge is 0.495 e. The molecule has 0 aromatic carbocycles. The van der Waals surface area contributed by atoms with Crippen molar-refractivity contribution in [3.8, 4) is 0 Å². The molecule has 1 unspecified atom stereocenters. The van der Waals surface area contributed by atoms with E-state index in [1.807, 2.05) is 16.8 Å². The van der Waals surface area contributed by atoms with Gasteiger partial charge < -0.3 is 9.57 Å². The van der Waals surface area contributed by atoms with Gasteiger partial charge in [0.1, 0.15) is 5.76 Å². The third-order valence-electron chi connectivity index (χ3n) is 3.18. The molecule has 1 rings (SSSR count). The van der Waals surface area contributed by atoms with Crippen LogP contribution in [0.15, 0.2) is 11.8 Å². The van der Waals surface area contributed by atoms with Crippen LogP contribution in [0.3, 0.4) is 0 Å². The summed E-state index contributed by atoms with van der Waals surface area (Å²) in [5.41, 5.74) is -0.341. The van der Waals surface area contributed by atoms with Crippen LogP contribution in [-0.4, -0.2) is 41.4 Å². The van der Waals surface area contributed by atoms with Gasteiger partial charge in [-0.25, -0.2) is 0 Å². The molecule has 1 aliphatic heterocycles. The molecule has 0 saturated carbocycles. The van der Waals surface area contributed by atoms with Crippen LogP contribution in [0.25, 0.3) is 0 Å². The number of rotatable bonds is 5. The summed E-state index contributed by atoms with van der Waals surface area (Å²) in [6.45, 7) is 11.4. The van der Waals surface area contributed by atoms with Crippen LogP contribution >= 0.6 is 11.8 Å². The lowest BCUT2D eigenvalue weighted by molar-refractivity contribution is -0.219. The molecule has 17 heavy (non-hydrogen) atoms. The third-order valence-corrected chi connectivity index (χ3v) is 4.12. The summed E-state index contributed by atoms with van der Waals surface area (Å²) in [4.78, 5) is 5.50. The fourth-order valence-corrected chi connectivity index (χ4v) is 2.54. The van der Waals surface area contributed by atoms with Gasteiger partial charge >= 0.3 is 0 Å². The highest BCUT2D eigenvalue weighted by molar-refractivity contribution is 7.99. The molecule has 0 aromatic rings. The molecule has 0 aromatic heterocycles. The highest BCUT2D eigenvalue weighted by Crippen LogP contribution is 2.40. The molecule has 0 amide bonds. The number of hydrogen-bond acceptors (Lipinski definition) is 4. The van der Waals surface area contributed by atoms with E-state index in [1.54, 1.807) is 7.11 Å². The topological polar surface area (TPSA) is 21.7 Å². The first-order chi connectivity index (χ1) is 7.75. The summed E-state index contributed by atoms with van der Waals surface area (Å²) in [6.07, 6.45) is 4.26. The first kappa shape index (κ1) is 14.9. The highest BCUT2D eigenvalue weighted by atomic mass is 32.2. The molecule has 0 aliphatic carbocycles. The maximum Gasteiger partial charge on any atom is 0.116 e. The average Bonchev–Trinajstić information content (AvgIpc) is 2.40. The summed E-state index contributed by atoms with van der Waals surface area (Å²) in [5, 5.41) is 2.49. The Kier molecular flexibility index (Phi) is 4.55. The molecule has 0 fully saturated rings. The molecule has 1 aliphatic rings. The minimum atomic E-state index is -0.212. The maximum atomic E-state index is 5.96. The predicted octanol–water partition coefficient (Wildman–Crippen LogP) is 3.07. The van der Waals surface area contributed by atoms with E-state index in [1.165, 1.54) is 0 Å². The van der Waals surface area contributed by atoms with E-state index in [4.69, 9.17) is 9.57 Å². The normalized spacial score (nSPS) is 24.5. The zero-order valence-corrected chi connectivity index (χ0v) is 12.9. The predicted molar refractivity (Wildman–Crippen MR) is 74.0 cm³/mol. The Labute approximate surface area is 109 Å². The molecule has 4 heteroatoms. The lowest BCUT2D eigenvalue weighted by Crippen LogP contribution is -2.49. The highest BCUT2D eigenvalue weighted by Gasteiger charge is 2.47. The number of ether oxygens (including phenoxy) is 1. The van der Waals surface area contributed by atoms with Gasteiger partial charge in [-0.15, -0.1) is 0 Å². The number of thioether (sulfide) groups is 1. The van der Waals surface area contributed by atoms with Crippen LogP contribution in [-0.2, 0) is 9.57 Å². The van der Waals surface area contributed by atoms with Crippen molar-refractivity contribution in [1.82, 2.24) is 5.06 Å². The Bertz CT molecular complexity index is 300. The lowest BCUT2D eigenvalue weighted by Gasteiger charge is -2.38. The molecular formula is C13H25NO2S. The first-order valence-corrected chi connectivity index (χ1v) is 7.28. The fourth-order valence-electron chi connectivity index (χ4n) is 2.33. The Morgan fingerprint density at radius 3 is 2.35 bits per heavy atom. The molecule has 100 valence electrons. The molecule has 3 nitrogen and oxygen atoms in total. The van der Waals surface area contributed by atoms with Crippen molar-refractivity contribution >= 4 is 11.8 Å². The molecule has 0 N–H and O–H groups in total. The molecule has 1 heterocycles. The standard InChI is InChI=1S/C13H25NO2S/c1-10(17-7)9-16-11-8-12(2,3)14(15-6)13(11,4)5/h8,10H,9H2,1-7H3. The SMILES string of the molecule is CON1C(C)(C)C=C(OCC(C)SC)C1(C)C. The lowest BCUT2D eigenvalue weighted by atomic mass is 10.1. The van der Waals surface area contributed by atoms with Gasteiger partial charge in [-0.3, -0.25) is 0 Å². The minimum absolute atomic E-state index is 0.129. The second-order valence-electron chi connectivity index (χ2n) is 5.56. The van der Waals surface area contributed by atoms with E-state index in [9.17, 15) is 0 Å².